The Morgan fingerprint density at radius 1 is 1.10 bits per heavy atom. The Morgan fingerprint density at radius 3 is 2.62 bits per heavy atom. The topological polar surface area (TPSA) is 58.1 Å². The number of amides is 1. The number of hydrogen-bond donors (Lipinski definition) is 1. The molecule has 0 bridgehead atoms. The van der Waals surface area contributed by atoms with Crippen LogP contribution in [0.1, 0.15) is 58.5 Å². The summed E-state index contributed by atoms with van der Waals surface area (Å²) >= 11 is 1.68. The number of carbonyl (C=O) groups is 1. The van der Waals surface area contributed by atoms with Gasteiger partial charge in [0.2, 0.25) is 0 Å². The predicted molar refractivity (Wildman–Crippen MR) is 117 cm³/mol. The minimum atomic E-state index is 0.127. The smallest absolute Gasteiger partial charge is 0.253 e. The Bertz CT molecular complexity index is 1040. The molecule has 1 aliphatic heterocycles. The fraction of sp³-hybridized carbons (Fsp3) is 0.435. The summed E-state index contributed by atoms with van der Waals surface area (Å²) in [5, 5.41) is 6.65. The lowest BCUT2D eigenvalue weighted by molar-refractivity contribution is 0.0703. The van der Waals surface area contributed by atoms with Gasteiger partial charge in [-0.15, -0.1) is 11.3 Å². The number of piperidine rings is 1. The summed E-state index contributed by atoms with van der Waals surface area (Å²) < 4.78 is 0. The van der Waals surface area contributed by atoms with Crippen LogP contribution >= 0.6 is 11.3 Å². The van der Waals surface area contributed by atoms with Crippen molar-refractivity contribution in [1.29, 1.82) is 0 Å². The summed E-state index contributed by atoms with van der Waals surface area (Å²) in [6, 6.07) is 10.7. The number of aryl methyl sites for hydroxylation is 1. The molecular weight excluding hydrogens is 380 g/mol. The van der Waals surface area contributed by atoms with Gasteiger partial charge in [0, 0.05) is 30.0 Å². The summed E-state index contributed by atoms with van der Waals surface area (Å²) in [6.45, 7) is 3.95. The molecule has 2 aliphatic rings. The van der Waals surface area contributed by atoms with Crippen molar-refractivity contribution in [3.63, 3.8) is 0 Å². The maximum Gasteiger partial charge on any atom is 0.253 e. The van der Waals surface area contributed by atoms with Gasteiger partial charge < -0.3 is 10.2 Å². The SMILES string of the molecule is Cc1nc(C2CC2c2ccc(C(=O)N(C)C3CCNCC3)cc2)c2ccsc2n1. The van der Waals surface area contributed by atoms with E-state index in [2.05, 4.69) is 33.9 Å². The Morgan fingerprint density at radius 2 is 1.86 bits per heavy atom. The van der Waals surface area contributed by atoms with Crippen LogP contribution in [-0.2, 0) is 0 Å². The molecule has 1 saturated carbocycles. The minimum Gasteiger partial charge on any atom is -0.339 e. The Hall–Kier alpha value is -2.31. The third kappa shape index (κ3) is 3.55. The molecule has 0 radical (unpaired) electrons. The molecule has 0 spiro atoms. The Kier molecular flexibility index (Phi) is 4.84. The summed E-state index contributed by atoms with van der Waals surface area (Å²) in [5.41, 5.74) is 3.27. The highest BCUT2D eigenvalue weighted by Crippen LogP contribution is 2.55. The van der Waals surface area contributed by atoms with Crippen LogP contribution in [0.5, 0.6) is 0 Å². The zero-order valence-electron chi connectivity index (χ0n) is 16.9. The van der Waals surface area contributed by atoms with Gasteiger partial charge in [-0.3, -0.25) is 4.79 Å². The molecule has 1 N–H and O–H groups in total. The van der Waals surface area contributed by atoms with E-state index in [-0.39, 0.29) is 5.91 Å². The molecule has 5 rings (SSSR count). The van der Waals surface area contributed by atoms with Crippen molar-refractivity contribution in [2.45, 2.75) is 44.1 Å². The molecule has 1 aliphatic carbocycles. The van der Waals surface area contributed by atoms with Gasteiger partial charge in [0.1, 0.15) is 10.7 Å². The predicted octanol–water partition coefficient (Wildman–Crippen LogP) is 4.09. The Labute approximate surface area is 175 Å². The number of thiophene rings is 1. The van der Waals surface area contributed by atoms with E-state index in [1.54, 1.807) is 11.3 Å². The third-order valence-corrected chi connectivity index (χ3v) is 7.18. The highest BCUT2D eigenvalue weighted by molar-refractivity contribution is 7.16. The summed E-state index contributed by atoms with van der Waals surface area (Å²) in [4.78, 5) is 25.2. The summed E-state index contributed by atoms with van der Waals surface area (Å²) in [7, 11) is 1.94. The first kappa shape index (κ1) is 18.7. The van der Waals surface area contributed by atoms with E-state index in [4.69, 9.17) is 4.98 Å². The Balaban J connectivity index is 1.31. The van der Waals surface area contributed by atoms with Crippen LogP contribution < -0.4 is 5.32 Å². The van der Waals surface area contributed by atoms with Crippen molar-refractivity contribution in [3.05, 3.63) is 58.4 Å². The first-order valence-corrected chi connectivity index (χ1v) is 11.3. The fourth-order valence-corrected chi connectivity index (χ4v) is 5.39. The molecule has 6 heteroatoms. The highest BCUT2D eigenvalue weighted by atomic mass is 32.1. The van der Waals surface area contributed by atoms with Crippen LogP contribution in [-0.4, -0.2) is 47.0 Å². The first-order chi connectivity index (χ1) is 14.1. The van der Waals surface area contributed by atoms with E-state index in [9.17, 15) is 4.79 Å². The number of rotatable bonds is 4. The van der Waals surface area contributed by atoms with Gasteiger partial charge in [-0.25, -0.2) is 9.97 Å². The first-order valence-electron chi connectivity index (χ1n) is 10.4. The average Bonchev–Trinajstić information content (AvgIpc) is 3.42. The number of fused-ring (bicyclic) bond motifs is 1. The van der Waals surface area contributed by atoms with E-state index in [1.807, 2.05) is 31.0 Å². The molecule has 1 saturated heterocycles. The lowest BCUT2D eigenvalue weighted by atomic mass is 10.0. The van der Waals surface area contributed by atoms with Gasteiger partial charge in [-0.05, 0) is 74.3 Å². The number of nitrogens with zero attached hydrogens (tertiary/aromatic N) is 3. The zero-order chi connectivity index (χ0) is 20.0. The van der Waals surface area contributed by atoms with Gasteiger partial charge >= 0.3 is 0 Å². The van der Waals surface area contributed by atoms with Crippen LogP contribution in [0.3, 0.4) is 0 Å². The van der Waals surface area contributed by atoms with Crippen molar-refractivity contribution in [2.24, 2.45) is 0 Å². The quantitative estimate of drug-likeness (QED) is 0.709. The molecular formula is C23H26N4OS. The minimum absolute atomic E-state index is 0.127. The number of hydrogen-bond acceptors (Lipinski definition) is 5. The van der Waals surface area contributed by atoms with E-state index in [0.29, 0.717) is 17.9 Å². The van der Waals surface area contributed by atoms with E-state index >= 15 is 0 Å². The van der Waals surface area contributed by atoms with Crippen LogP contribution in [0, 0.1) is 6.92 Å². The van der Waals surface area contributed by atoms with E-state index in [1.165, 1.54) is 16.6 Å². The second kappa shape index (κ2) is 7.50. The van der Waals surface area contributed by atoms with Gasteiger partial charge in [0.15, 0.2) is 0 Å². The second-order valence-electron chi connectivity index (χ2n) is 8.26. The van der Waals surface area contributed by atoms with Crippen LogP contribution in [0.25, 0.3) is 10.2 Å². The maximum absolute atomic E-state index is 12.9. The van der Waals surface area contributed by atoms with E-state index < -0.39 is 0 Å². The lowest BCUT2D eigenvalue weighted by Gasteiger charge is -2.31. The average molecular weight is 407 g/mol. The molecule has 150 valence electrons. The normalized spacial score (nSPS) is 22.0. The molecule has 3 heterocycles. The highest BCUT2D eigenvalue weighted by Gasteiger charge is 2.42. The third-order valence-electron chi connectivity index (χ3n) is 6.37. The van der Waals surface area contributed by atoms with Gasteiger partial charge in [0.25, 0.3) is 5.91 Å². The second-order valence-corrected chi connectivity index (χ2v) is 9.16. The molecule has 2 aromatic heterocycles. The number of carbonyl (C=O) groups excluding carboxylic acids is 1. The molecule has 3 aromatic rings. The van der Waals surface area contributed by atoms with Crippen molar-refractivity contribution in [1.82, 2.24) is 20.2 Å². The zero-order valence-corrected chi connectivity index (χ0v) is 17.7. The maximum atomic E-state index is 12.9. The van der Waals surface area contributed by atoms with Crippen LogP contribution in [0.2, 0.25) is 0 Å². The number of nitrogens with one attached hydrogen (secondary N) is 1. The monoisotopic (exact) mass is 406 g/mol. The van der Waals surface area contributed by atoms with Gasteiger partial charge in [0.05, 0.1) is 5.69 Å². The van der Waals surface area contributed by atoms with Gasteiger partial charge in [-0.1, -0.05) is 12.1 Å². The van der Waals surface area contributed by atoms with Crippen LogP contribution in [0.4, 0.5) is 0 Å². The molecule has 1 amide bonds. The molecule has 1 aromatic carbocycles. The number of aromatic nitrogens is 2. The van der Waals surface area contributed by atoms with Crippen molar-refractivity contribution in [2.75, 3.05) is 20.1 Å². The summed E-state index contributed by atoms with van der Waals surface area (Å²) in [6.07, 6.45) is 3.17. The van der Waals surface area contributed by atoms with E-state index in [0.717, 1.165) is 48.6 Å². The molecule has 5 nitrogen and oxygen atoms in total. The lowest BCUT2D eigenvalue weighted by Crippen LogP contribution is -2.43. The molecule has 2 atom stereocenters. The van der Waals surface area contributed by atoms with Gasteiger partial charge in [-0.2, -0.15) is 0 Å². The molecule has 2 fully saturated rings. The largest absolute Gasteiger partial charge is 0.339 e. The van der Waals surface area contributed by atoms with Crippen molar-refractivity contribution >= 4 is 27.5 Å². The van der Waals surface area contributed by atoms with Crippen molar-refractivity contribution < 1.29 is 4.79 Å². The van der Waals surface area contributed by atoms with Crippen LogP contribution in [0.15, 0.2) is 35.7 Å². The van der Waals surface area contributed by atoms with Crippen molar-refractivity contribution in [3.8, 4) is 0 Å². The number of benzene rings is 1. The summed E-state index contributed by atoms with van der Waals surface area (Å²) in [5.74, 6) is 1.91. The molecule has 2 unspecified atom stereocenters. The standard InChI is InChI=1S/C23H26N4OS/c1-14-25-21(18-9-12-29-22(18)26-14)20-13-19(20)15-3-5-16(6-4-15)23(28)27(2)17-7-10-24-11-8-17/h3-6,9,12,17,19-20,24H,7-8,10-11,13H2,1-2H3. The fourth-order valence-electron chi connectivity index (χ4n) is 4.57. The molecule has 29 heavy (non-hydrogen) atoms.